The second kappa shape index (κ2) is 8.15. The highest BCUT2D eigenvalue weighted by atomic mass is 16.5. The number of hydrogen-bond acceptors (Lipinski definition) is 4. The number of unbranched alkanes of at least 4 members (excludes halogenated alkanes) is 1. The molecule has 0 aliphatic carbocycles. The molecule has 4 nitrogen and oxygen atoms in total. The first-order valence-electron chi connectivity index (χ1n) is 6.76. The highest BCUT2D eigenvalue weighted by Gasteiger charge is 2.19. The monoisotopic (exact) mass is 267 g/mol. The quantitative estimate of drug-likeness (QED) is 0.596. The van der Waals surface area contributed by atoms with Crippen LogP contribution in [0.25, 0.3) is 0 Å². The summed E-state index contributed by atoms with van der Waals surface area (Å²) in [6.07, 6.45) is 2.86. The van der Waals surface area contributed by atoms with E-state index in [0.29, 0.717) is 6.61 Å². The lowest BCUT2D eigenvalue weighted by Gasteiger charge is -2.26. The maximum absolute atomic E-state index is 9.26. The minimum absolute atomic E-state index is 0.0359. The van der Waals surface area contributed by atoms with Gasteiger partial charge in [0.2, 0.25) is 0 Å². The van der Waals surface area contributed by atoms with Gasteiger partial charge in [-0.3, -0.25) is 0 Å². The van der Waals surface area contributed by atoms with Crippen molar-refractivity contribution in [2.24, 2.45) is 0 Å². The normalized spacial score (nSPS) is 14.1. The van der Waals surface area contributed by atoms with E-state index in [2.05, 4.69) is 5.32 Å². The van der Waals surface area contributed by atoms with E-state index in [4.69, 9.17) is 9.84 Å². The molecule has 1 aromatic rings. The molecule has 3 N–H and O–H groups in total. The lowest BCUT2D eigenvalue weighted by molar-refractivity contribution is 0.168. The number of hydrogen-bond donors (Lipinski definition) is 3. The maximum atomic E-state index is 9.26. The van der Waals surface area contributed by atoms with Gasteiger partial charge in [-0.15, -0.1) is 0 Å². The first-order valence-corrected chi connectivity index (χ1v) is 6.76. The zero-order valence-electron chi connectivity index (χ0n) is 11.9. The van der Waals surface area contributed by atoms with Crippen LogP contribution in [0.3, 0.4) is 0 Å². The average Bonchev–Trinajstić information content (AvgIpc) is 2.47. The van der Waals surface area contributed by atoms with Crippen molar-refractivity contribution >= 4 is 0 Å². The third-order valence-corrected chi connectivity index (χ3v) is 3.43. The highest BCUT2D eigenvalue weighted by Crippen LogP contribution is 2.15. The van der Waals surface area contributed by atoms with Crippen molar-refractivity contribution in [1.82, 2.24) is 5.32 Å². The number of likely N-dealkylation sites (N-methyl/N-ethyl adjacent to an activating group) is 1. The molecule has 0 bridgehead atoms. The first kappa shape index (κ1) is 16.0. The Morgan fingerprint density at radius 1 is 1.26 bits per heavy atom. The van der Waals surface area contributed by atoms with Gasteiger partial charge in [-0.05, 0) is 50.9 Å². The summed E-state index contributed by atoms with van der Waals surface area (Å²) in [7, 11) is 1.87. The Labute approximate surface area is 115 Å². The molecular weight excluding hydrogens is 242 g/mol. The Morgan fingerprint density at radius 2 is 2.05 bits per heavy atom. The molecule has 0 fully saturated rings. The molecule has 1 rings (SSSR count). The summed E-state index contributed by atoms with van der Waals surface area (Å²) in [5.74, 6) is 0.796. The van der Waals surface area contributed by atoms with Gasteiger partial charge in [0.1, 0.15) is 5.75 Å². The summed E-state index contributed by atoms with van der Waals surface area (Å²) < 4.78 is 5.64. The molecule has 19 heavy (non-hydrogen) atoms. The van der Waals surface area contributed by atoms with E-state index in [1.54, 1.807) is 0 Å². The number of ether oxygens (including phenoxy) is 1. The summed E-state index contributed by atoms with van der Waals surface area (Å²) in [4.78, 5) is 0. The lowest BCUT2D eigenvalue weighted by Crippen LogP contribution is -2.43. The van der Waals surface area contributed by atoms with Crippen molar-refractivity contribution in [3.05, 3.63) is 29.8 Å². The van der Waals surface area contributed by atoms with E-state index < -0.39 is 0 Å². The molecule has 0 aliphatic heterocycles. The largest absolute Gasteiger partial charge is 0.494 e. The fourth-order valence-corrected chi connectivity index (χ4v) is 1.82. The van der Waals surface area contributed by atoms with E-state index in [9.17, 15) is 5.11 Å². The Balaban J connectivity index is 2.23. The van der Waals surface area contributed by atoms with Gasteiger partial charge in [-0.2, -0.15) is 0 Å². The summed E-state index contributed by atoms with van der Waals surface area (Å²) in [6.45, 7) is 2.84. The van der Waals surface area contributed by atoms with E-state index in [-0.39, 0.29) is 18.8 Å². The van der Waals surface area contributed by atoms with Gasteiger partial charge >= 0.3 is 0 Å². The Bertz CT molecular complexity index is 364. The smallest absolute Gasteiger partial charge is 0.119 e. The molecule has 0 heterocycles. The molecule has 0 aliphatic rings. The van der Waals surface area contributed by atoms with Gasteiger partial charge in [0.25, 0.3) is 0 Å². The van der Waals surface area contributed by atoms with Crippen molar-refractivity contribution in [1.29, 1.82) is 0 Å². The van der Waals surface area contributed by atoms with Gasteiger partial charge < -0.3 is 20.3 Å². The van der Waals surface area contributed by atoms with Crippen molar-refractivity contribution < 1.29 is 14.9 Å². The van der Waals surface area contributed by atoms with Crippen LogP contribution in [-0.4, -0.2) is 36.0 Å². The van der Waals surface area contributed by atoms with Crippen molar-refractivity contribution in [2.45, 2.75) is 38.3 Å². The van der Waals surface area contributed by atoms with Crippen LogP contribution in [0, 0.1) is 0 Å². The van der Waals surface area contributed by atoms with Crippen LogP contribution in [0.2, 0.25) is 0 Å². The molecule has 0 saturated heterocycles. The number of aliphatic hydroxyl groups excluding tert-OH is 2. The van der Waals surface area contributed by atoms with Crippen LogP contribution in [0.15, 0.2) is 24.3 Å². The minimum atomic E-state index is -0.198. The third kappa shape index (κ3) is 5.59. The molecule has 0 saturated carbocycles. The van der Waals surface area contributed by atoms with Crippen LogP contribution in [0.4, 0.5) is 0 Å². The zero-order valence-corrected chi connectivity index (χ0v) is 11.9. The molecule has 4 heteroatoms. The lowest BCUT2D eigenvalue weighted by atomic mass is 9.96. The van der Waals surface area contributed by atoms with Crippen LogP contribution < -0.4 is 10.1 Å². The van der Waals surface area contributed by atoms with Crippen LogP contribution >= 0.6 is 0 Å². The van der Waals surface area contributed by atoms with E-state index in [1.807, 2.05) is 38.2 Å². The highest BCUT2D eigenvalue weighted by molar-refractivity contribution is 5.27. The summed E-state index contributed by atoms with van der Waals surface area (Å²) in [5, 5.41) is 21.4. The molecule has 1 atom stereocenters. The predicted molar refractivity (Wildman–Crippen MR) is 76.3 cm³/mol. The molecule has 1 aromatic carbocycles. The van der Waals surface area contributed by atoms with E-state index in [0.717, 1.165) is 30.6 Å². The van der Waals surface area contributed by atoms with Gasteiger partial charge in [0.15, 0.2) is 0 Å². The first-order chi connectivity index (χ1) is 9.13. The molecule has 0 aromatic heterocycles. The fraction of sp³-hybridized carbons (Fsp3) is 0.600. The van der Waals surface area contributed by atoms with Gasteiger partial charge in [0.05, 0.1) is 19.8 Å². The van der Waals surface area contributed by atoms with Crippen molar-refractivity contribution in [3.8, 4) is 5.75 Å². The van der Waals surface area contributed by atoms with Crippen LogP contribution in [-0.2, 0) is 6.61 Å². The van der Waals surface area contributed by atoms with Gasteiger partial charge in [-0.1, -0.05) is 12.1 Å². The number of nitrogens with one attached hydrogen (secondary N) is 1. The molecule has 0 spiro atoms. The zero-order chi connectivity index (χ0) is 14.1. The predicted octanol–water partition coefficient (Wildman–Crippen LogP) is 1.70. The molecule has 0 radical (unpaired) electrons. The molecular formula is C15H25NO3. The molecule has 0 amide bonds. The molecule has 1 unspecified atom stereocenters. The Kier molecular flexibility index (Phi) is 6.84. The Hall–Kier alpha value is -1.10. The average molecular weight is 267 g/mol. The number of aliphatic hydroxyl groups is 2. The fourth-order valence-electron chi connectivity index (χ4n) is 1.82. The summed E-state index contributed by atoms with van der Waals surface area (Å²) >= 11 is 0. The minimum Gasteiger partial charge on any atom is -0.494 e. The topological polar surface area (TPSA) is 61.7 Å². The number of rotatable bonds is 9. The van der Waals surface area contributed by atoms with Gasteiger partial charge in [0, 0.05) is 5.54 Å². The maximum Gasteiger partial charge on any atom is 0.119 e. The molecule has 108 valence electrons. The van der Waals surface area contributed by atoms with Crippen molar-refractivity contribution in [2.75, 3.05) is 20.3 Å². The van der Waals surface area contributed by atoms with E-state index >= 15 is 0 Å². The second-order valence-corrected chi connectivity index (χ2v) is 5.08. The van der Waals surface area contributed by atoms with Crippen LogP contribution in [0.5, 0.6) is 5.75 Å². The van der Waals surface area contributed by atoms with E-state index in [1.165, 1.54) is 0 Å². The summed E-state index contributed by atoms with van der Waals surface area (Å²) in [6, 6.07) is 7.49. The number of benzene rings is 1. The summed E-state index contributed by atoms with van der Waals surface area (Å²) in [5.41, 5.74) is 0.664. The van der Waals surface area contributed by atoms with Crippen LogP contribution in [0.1, 0.15) is 31.7 Å². The third-order valence-electron chi connectivity index (χ3n) is 3.43. The Morgan fingerprint density at radius 3 is 2.68 bits per heavy atom. The SMILES string of the molecule is CNC(C)(CO)CCCCOc1cccc(CO)c1. The van der Waals surface area contributed by atoms with Gasteiger partial charge in [-0.25, -0.2) is 0 Å². The standard InChI is InChI=1S/C15H25NO3/c1-15(12-18,16-2)8-3-4-9-19-14-7-5-6-13(10-14)11-17/h5-7,10,16-18H,3-4,8-9,11-12H2,1-2H3. The second-order valence-electron chi connectivity index (χ2n) is 5.08. The van der Waals surface area contributed by atoms with Crippen molar-refractivity contribution in [3.63, 3.8) is 0 Å².